The van der Waals surface area contributed by atoms with Gasteiger partial charge in [0.25, 0.3) is 5.91 Å². The molecule has 0 aliphatic heterocycles. The van der Waals surface area contributed by atoms with Crippen molar-refractivity contribution in [3.05, 3.63) is 86.8 Å². The molecule has 1 fully saturated rings. The lowest BCUT2D eigenvalue weighted by atomic mass is 9.85. The van der Waals surface area contributed by atoms with E-state index in [0.29, 0.717) is 32.2 Å². The molecule has 5 rings (SSSR count). The maximum absolute atomic E-state index is 13.6. The smallest absolute Gasteiger partial charge is 0.349 e. The molecule has 1 aliphatic carbocycles. The minimum atomic E-state index is -4.77. The van der Waals surface area contributed by atoms with Gasteiger partial charge in [0.2, 0.25) is 0 Å². The summed E-state index contributed by atoms with van der Waals surface area (Å²) in [5, 5.41) is 2.68. The number of nitrogens with zero attached hydrogens (tertiary/aromatic N) is 4. The highest BCUT2D eigenvalue weighted by Gasteiger charge is 2.38. The van der Waals surface area contributed by atoms with E-state index in [1.807, 2.05) is 44.2 Å². The van der Waals surface area contributed by atoms with Gasteiger partial charge in [0.1, 0.15) is 0 Å². The van der Waals surface area contributed by atoms with E-state index >= 15 is 0 Å². The molecule has 1 saturated carbocycles. The fraction of sp³-hybridized carbons (Fsp3) is 0.357. The lowest BCUT2D eigenvalue weighted by Crippen LogP contribution is -2.39. The lowest BCUT2D eigenvalue weighted by molar-refractivity contribution is -0.141. The van der Waals surface area contributed by atoms with E-state index in [4.69, 9.17) is 11.6 Å². The summed E-state index contributed by atoms with van der Waals surface area (Å²) in [6.45, 7) is 4.36. The topological polar surface area (TPSA) is 81.8 Å². The number of para-hydroxylation sites is 2. The molecule has 0 saturated heterocycles. The van der Waals surface area contributed by atoms with Gasteiger partial charge in [0.05, 0.1) is 33.5 Å². The Labute approximate surface area is 227 Å². The second kappa shape index (κ2) is 10.5. The molecule has 0 unspecified atom stereocenters. The van der Waals surface area contributed by atoms with Gasteiger partial charge in [-0.2, -0.15) is 13.2 Å². The molecule has 7 nitrogen and oxygen atoms in total. The summed E-state index contributed by atoms with van der Waals surface area (Å²) in [4.78, 5) is 34.1. The first-order valence-corrected chi connectivity index (χ1v) is 13.1. The van der Waals surface area contributed by atoms with Crippen molar-refractivity contribution in [2.24, 2.45) is 5.92 Å². The zero-order valence-corrected chi connectivity index (χ0v) is 22.2. The third kappa shape index (κ3) is 5.43. The van der Waals surface area contributed by atoms with Crippen LogP contribution in [0, 0.1) is 19.8 Å². The zero-order chi connectivity index (χ0) is 27.9. The number of pyridine rings is 2. The predicted molar refractivity (Wildman–Crippen MR) is 142 cm³/mol. The highest BCUT2D eigenvalue weighted by molar-refractivity contribution is 6.30. The normalized spacial score (nSPS) is 17.9. The van der Waals surface area contributed by atoms with Gasteiger partial charge in [-0.15, -0.1) is 0 Å². The first-order chi connectivity index (χ1) is 18.5. The summed E-state index contributed by atoms with van der Waals surface area (Å²) in [6, 6.07) is 10.3. The van der Waals surface area contributed by atoms with Gasteiger partial charge in [-0.1, -0.05) is 23.7 Å². The number of fused-ring (bicyclic) bond motifs is 1. The van der Waals surface area contributed by atoms with Crippen LogP contribution in [-0.4, -0.2) is 31.1 Å². The summed E-state index contributed by atoms with van der Waals surface area (Å²) in [7, 11) is 0. The maximum atomic E-state index is 13.6. The molecule has 3 aromatic heterocycles. The van der Waals surface area contributed by atoms with Crippen molar-refractivity contribution in [1.82, 2.24) is 24.4 Å². The molecule has 39 heavy (non-hydrogen) atoms. The molecule has 11 heteroatoms. The molecule has 0 radical (unpaired) electrons. The fourth-order valence-corrected chi connectivity index (χ4v) is 5.55. The zero-order valence-electron chi connectivity index (χ0n) is 21.4. The second-order valence-corrected chi connectivity index (χ2v) is 10.5. The van der Waals surface area contributed by atoms with Crippen molar-refractivity contribution < 1.29 is 18.0 Å². The largest absolute Gasteiger partial charge is 0.434 e. The molecule has 4 aromatic rings. The van der Waals surface area contributed by atoms with Crippen LogP contribution >= 0.6 is 11.6 Å². The average molecular weight is 558 g/mol. The molecule has 0 atom stereocenters. The Morgan fingerprint density at radius 3 is 2.41 bits per heavy atom. The molecular formula is C28H27ClF3N5O2. The average Bonchev–Trinajstić information content (AvgIpc) is 3.15. The van der Waals surface area contributed by atoms with Crippen LogP contribution in [0.25, 0.3) is 16.7 Å². The van der Waals surface area contributed by atoms with E-state index < -0.39 is 23.3 Å². The molecule has 204 valence electrons. The van der Waals surface area contributed by atoms with Crippen LogP contribution in [0.1, 0.15) is 53.0 Å². The van der Waals surface area contributed by atoms with Crippen LogP contribution in [0.15, 0.2) is 53.6 Å². The molecule has 1 aromatic carbocycles. The second-order valence-electron chi connectivity index (χ2n) is 10.1. The van der Waals surface area contributed by atoms with E-state index in [0.717, 1.165) is 40.2 Å². The number of rotatable bonds is 5. The maximum Gasteiger partial charge on any atom is 0.434 e. The molecular weight excluding hydrogens is 531 g/mol. The number of halogens is 4. The van der Waals surface area contributed by atoms with Crippen LogP contribution in [-0.2, 0) is 12.7 Å². The minimum Gasteiger partial charge on any atom is -0.349 e. The molecule has 0 bridgehead atoms. The highest BCUT2D eigenvalue weighted by Crippen LogP contribution is 2.32. The lowest BCUT2D eigenvalue weighted by Gasteiger charge is -2.29. The van der Waals surface area contributed by atoms with Crippen LogP contribution in [0.3, 0.4) is 0 Å². The van der Waals surface area contributed by atoms with Crippen LogP contribution in [0.4, 0.5) is 13.2 Å². The quantitative estimate of drug-likeness (QED) is 0.333. The number of benzene rings is 1. The Bertz CT molecular complexity index is 1600. The van der Waals surface area contributed by atoms with Crippen LogP contribution < -0.4 is 11.0 Å². The van der Waals surface area contributed by atoms with Gasteiger partial charge in [-0.25, -0.2) is 9.78 Å². The third-order valence-corrected chi connectivity index (χ3v) is 7.49. The Kier molecular flexibility index (Phi) is 7.24. The predicted octanol–water partition coefficient (Wildman–Crippen LogP) is 5.86. The van der Waals surface area contributed by atoms with Gasteiger partial charge in [-0.3, -0.25) is 18.9 Å². The van der Waals surface area contributed by atoms with E-state index in [2.05, 4.69) is 15.3 Å². The molecule has 3 heterocycles. The van der Waals surface area contributed by atoms with E-state index in [1.54, 1.807) is 15.3 Å². The Hall–Kier alpha value is -3.66. The van der Waals surface area contributed by atoms with Gasteiger partial charge >= 0.3 is 11.9 Å². The number of nitrogens with one attached hydrogen (secondary N) is 1. The molecule has 1 aliphatic rings. The van der Waals surface area contributed by atoms with E-state index in [9.17, 15) is 22.8 Å². The van der Waals surface area contributed by atoms with Crippen molar-refractivity contribution in [3.8, 4) is 5.69 Å². The van der Waals surface area contributed by atoms with Crippen molar-refractivity contribution >= 4 is 28.5 Å². The van der Waals surface area contributed by atoms with Gasteiger partial charge in [-0.05, 0) is 75.3 Å². The van der Waals surface area contributed by atoms with E-state index in [-0.39, 0.29) is 22.7 Å². The third-order valence-electron chi connectivity index (χ3n) is 7.29. The summed E-state index contributed by atoms with van der Waals surface area (Å²) in [6.07, 6.45) is 0.414. The number of alkyl halides is 3. The number of aromatic nitrogens is 4. The first-order valence-electron chi connectivity index (χ1n) is 12.7. The Morgan fingerprint density at radius 2 is 1.74 bits per heavy atom. The van der Waals surface area contributed by atoms with Crippen molar-refractivity contribution in [2.45, 2.75) is 58.3 Å². The summed E-state index contributed by atoms with van der Waals surface area (Å²) >= 11 is 5.82. The molecule has 1 amide bonds. The van der Waals surface area contributed by atoms with Crippen molar-refractivity contribution in [2.75, 3.05) is 0 Å². The Morgan fingerprint density at radius 1 is 1.05 bits per heavy atom. The van der Waals surface area contributed by atoms with Crippen molar-refractivity contribution in [3.63, 3.8) is 0 Å². The SMILES string of the molecule is Cc1cc(C)c(-n2c(=O)n(C[C@H]3CC[C@H](NC(=O)c4cc(Cl)cnc4C(F)(F)F)CC3)c3ccccc32)cn1. The number of carbonyl (C=O) groups is 1. The van der Waals surface area contributed by atoms with Gasteiger partial charge < -0.3 is 5.32 Å². The number of hydrogen-bond acceptors (Lipinski definition) is 4. The highest BCUT2D eigenvalue weighted by atomic mass is 35.5. The summed E-state index contributed by atoms with van der Waals surface area (Å²) in [5.74, 6) is -0.673. The number of carbonyl (C=O) groups excluding carboxylic acids is 1. The monoisotopic (exact) mass is 557 g/mol. The summed E-state index contributed by atoms with van der Waals surface area (Å²) < 4.78 is 43.5. The molecule has 0 spiro atoms. The van der Waals surface area contributed by atoms with Gasteiger partial charge in [0, 0.05) is 24.5 Å². The first kappa shape index (κ1) is 26.9. The summed E-state index contributed by atoms with van der Waals surface area (Å²) in [5.41, 5.74) is 2.20. The number of aryl methyl sites for hydroxylation is 2. The number of hydrogen-bond donors (Lipinski definition) is 1. The minimum absolute atomic E-state index is 0.0434. The fourth-order valence-electron chi connectivity index (χ4n) is 5.39. The van der Waals surface area contributed by atoms with Crippen molar-refractivity contribution in [1.29, 1.82) is 0 Å². The molecule has 1 N–H and O–H groups in total. The van der Waals surface area contributed by atoms with Crippen LogP contribution in [0.5, 0.6) is 0 Å². The Balaban J connectivity index is 1.32. The number of amides is 1. The van der Waals surface area contributed by atoms with Gasteiger partial charge in [0.15, 0.2) is 5.69 Å². The standard InChI is InChI=1S/C28H27ClF3N5O2/c1-16-11-17(2)33-14-24(16)37-23-6-4-3-5-22(23)36(27(37)39)15-18-7-9-20(10-8-18)35-26(38)21-12-19(29)13-34-25(21)28(30,31)32/h3-6,11-14,18,20H,7-10,15H2,1-2H3,(H,35,38)/t18-,20-. The van der Waals surface area contributed by atoms with E-state index in [1.165, 1.54) is 0 Å². The number of imidazole rings is 1. The van der Waals surface area contributed by atoms with Crippen LogP contribution in [0.2, 0.25) is 5.02 Å².